The van der Waals surface area contributed by atoms with Gasteiger partial charge in [-0.2, -0.15) is 0 Å². The number of phenols is 1. The first-order valence-electron chi connectivity index (χ1n) is 7.97. The van der Waals surface area contributed by atoms with Crippen LogP contribution < -0.4 is 5.73 Å². The summed E-state index contributed by atoms with van der Waals surface area (Å²) in [5, 5.41) is 9.83. The summed E-state index contributed by atoms with van der Waals surface area (Å²) in [7, 11) is 0. The summed E-state index contributed by atoms with van der Waals surface area (Å²) in [5.74, 6) is 0.229. The summed E-state index contributed by atoms with van der Waals surface area (Å²) in [6.07, 6.45) is 2.76. The Hall–Kier alpha value is -2.29. The Morgan fingerprint density at radius 2 is 1.78 bits per heavy atom. The summed E-state index contributed by atoms with van der Waals surface area (Å²) < 4.78 is 0. The number of nitrogen functional groups attached to an aromatic ring is 1. The van der Waals surface area contributed by atoms with Gasteiger partial charge < -0.3 is 10.8 Å². The zero-order valence-electron chi connectivity index (χ0n) is 14.2. The van der Waals surface area contributed by atoms with E-state index in [-0.39, 0.29) is 16.6 Å². The summed E-state index contributed by atoms with van der Waals surface area (Å²) in [6.45, 7) is 9.02. The van der Waals surface area contributed by atoms with Crippen molar-refractivity contribution in [3.8, 4) is 5.75 Å². The molecule has 0 atom stereocenters. The molecule has 3 nitrogen and oxygen atoms in total. The van der Waals surface area contributed by atoms with E-state index >= 15 is 0 Å². The molecule has 0 saturated heterocycles. The number of hydrogen-bond acceptors (Lipinski definition) is 3. The van der Waals surface area contributed by atoms with Crippen molar-refractivity contribution in [3.05, 3.63) is 53.1 Å². The second-order valence-electron chi connectivity index (χ2n) is 7.72. The number of aliphatic imine (C=N–C) groups is 1. The van der Waals surface area contributed by atoms with Crippen LogP contribution in [0.3, 0.4) is 0 Å². The van der Waals surface area contributed by atoms with Gasteiger partial charge in [-0.05, 0) is 52.6 Å². The van der Waals surface area contributed by atoms with Crippen LogP contribution in [-0.2, 0) is 10.8 Å². The fourth-order valence-corrected chi connectivity index (χ4v) is 4.04. The molecule has 1 aliphatic rings. The lowest BCUT2D eigenvalue weighted by Gasteiger charge is -2.22. The van der Waals surface area contributed by atoms with Crippen LogP contribution in [0.2, 0.25) is 0 Å². The Balaban J connectivity index is 2.04. The highest BCUT2D eigenvalue weighted by Gasteiger charge is 2.43. The van der Waals surface area contributed by atoms with Gasteiger partial charge in [0.05, 0.1) is 5.69 Å². The van der Waals surface area contributed by atoms with Crippen LogP contribution >= 0.6 is 0 Å². The Labute approximate surface area is 137 Å². The molecule has 3 N–H and O–H groups in total. The number of fused-ring (bicyclic) bond motifs is 1. The summed E-state index contributed by atoms with van der Waals surface area (Å²) in [6, 6.07) is 11.2. The molecule has 0 amide bonds. The molecule has 120 valence electrons. The maximum absolute atomic E-state index is 9.83. The summed E-state index contributed by atoms with van der Waals surface area (Å²) in [5.41, 5.74) is 11.4. The fourth-order valence-electron chi connectivity index (χ4n) is 4.04. The molecule has 0 unspecified atom stereocenters. The molecule has 0 heterocycles. The van der Waals surface area contributed by atoms with Gasteiger partial charge in [0.25, 0.3) is 0 Å². The zero-order chi connectivity index (χ0) is 16.8. The minimum Gasteiger partial charge on any atom is -0.507 e. The van der Waals surface area contributed by atoms with E-state index in [1.165, 1.54) is 11.1 Å². The highest BCUT2D eigenvalue weighted by Crippen LogP contribution is 2.52. The lowest BCUT2D eigenvalue weighted by Crippen LogP contribution is -2.18. The van der Waals surface area contributed by atoms with Gasteiger partial charge in [0, 0.05) is 17.5 Å². The lowest BCUT2D eigenvalue weighted by molar-refractivity contribution is 0.403. The second-order valence-corrected chi connectivity index (χ2v) is 7.72. The van der Waals surface area contributed by atoms with Gasteiger partial charge in [-0.25, -0.2) is 0 Å². The maximum atomic E-state index is 9.83. The van der Waals surface area contributed by atoms with Crippen LogP contribution in [0.15, 0.2) is 41.4 Å². The molecule has 0 bridgehead atoms. The van der Waals surface area contributed by atoms with Crippen molar-refractivity contribution in [2.75, 3.05) is 5.73 Å². The SMILES string of the molecule is CC1(C)CC(C)(C)c2c(N)cc(N=Cc3ccccc3O)cc21. The van der Waals surface area contributed by atoms with E-state index in [1.807, 2.05) is 18.2 Å². The molecular formula is C20H24N2O. The molecular weight excluding hydrogens is 284 g/mol. The molecule has 23 heavy (non-hydrogen) atoms. The quantitative estimate of drug-likeness (QED) is 0.625. The molecule has 0 radical (unpaired) electrons. The number of hydrogen-bond donors (Lipinski definition) is 2. The van der Waals surface area contributed by atoms with Gasteiger partial charge in [-0.1, -0.05) is 39.8 Å². The van der Waals surface area contributed by atoms with Gasteiger partial charge in [0.2, 0.25) is 0 Å². The van der Waals surface area contributed by atoms with Crippen LogP contribution in [-0.4, -0.2) is 11.3 Å². The topological polar surface area (TPSA) is 58.6 Å². The lowest BCUT2D eigenvalue weighted by atomic mass is 9.81. The standard InChI is InChI=1S/C20H24N2O/c1-19(2)12-20(3,4)18-15(19)9-14(10-16(18)21)22-11-13-7-5-6-8-17(13)23/h5-11,23H,12,21H2,1-4H3. The second kappa shape index (κ2) is 5.12. The van der Waals surface area contributed by atoms with Crippen molar-refractivity contribution >= 4 is 17.6 Å². The van der Waals surface area contributed by atoms with E-state index in [4.69, 9.17) is 5.73 Å². The van der Waals surface area contributed by atoms with E-state index < -0.39 is 0 Å². The van der Waals surface area contributed by atoms with Crippen molar-refractivity contribution in [1.82, 2.24) is 0 Å². The molecule has 3 rings (SSSR count). The van der Waals surface area contributed by atoms with Crippen molar-refractivity contribution < 1.29 is 5.11 Å². The molecule has 0 spiro atoms. The van der Waals surface area contributed by atoms with E-state index in [0.717, 1.165) is 17.8 Å². The van der Waals surface area contributed by atoms with Crippen molar-refractivity contribution in [2.24, 2.45) is 4.99 Å². The number of benzene rings is 2. The maximum Gasteiger partial charge on any atom is 0.124 e. The monoisotopic (exact) mass is 308 g/mol. The van der Waals surface area contributed by atoms with Crippen LogP contribution in [0.25, 0.3) is 0 Å². The Morgan fingerprint density at radius 3 is 2.48 bits per heavy atom. The molecule has 2 aromatic carbocycles. The van der Waals surface area contributed by atoms with E-state index in [2.05, 4.69) is 38.8 Å². The number of anilines is 1. The van der Waals surface area contributed by atoms with Gasteiger partial charge in [-0.15, -0.1) is 0 Å². The number of phenolic OH excluding ortho intramolecular Hbond substituents is 1. The normalized spacial score (nSPS) is 18.3. The molecule has 2 aromatic rings. The predicted octanol–water partition coefficient (Wildman–Crippen LogP) is 4.68. The van der Waals surface area contributed by atoms with Crippen LogP contribution in [0.4, 0.5) is 11.4 Å². The minimum atomic E-state index is 0.0862. The molecule has 1 aliphatic carbocycles. The largest absolute Gasteiger partial charge is 0.507 e. The van der Waals surface area contributed by atoms with E-state index in [9.17, 15) is 5.11 Å². The van der Waals surface area contributed by atoms with Gasteiger partial charge in [0.1, 0.15) is 5.75 Å². The third-order valence-corrected chi connectivity index (χ3v) is 4.73. The highest BCUT2D eigenvalue weighted by molar-refractivity contribution is 5.85. The van der Waals surface area contributed by atoms with Crippen molar-refractivity contribution in [1.29, 1.82) is 0 Å². The molecule has 3 heteroatoms. The van der Waals surface area contributed by atoms with Crippen LogP contribution in [0.1, 0.15) is 50.8 Å². The third-order valence-electron chi connectivity index (χ3n) is 4.73. The first-order valence-corrected chi connectivity index (χ1v) is 7.97. The molecule has 0 aromatic heterocycles. The average Bonchev–Trinajstić information content (AvgIpc) is 2.63. The van der Waals surface area contributed by atoms with Crippen molar-refractivity contribution in [3.63, 3.8) is 0 Å². The average molecular weight is 308 g/mol. The fraction of sp³-hybridized carbons (Fsp3) is 0.350. The first kappa shape index (κ1) is 15.6. The Kier molecular flexibility index (Phi) is 3.47. The highest BCUT2D eigenvalue weighted by atomic mass is 16.3. The van der Waals surface area contributed by atoms with E-state index in [1.54, 1.807) is 18.3 Å². The predicted molar refractivity (Wildman–Crippen MR) is 96.9 cm³/mol. The third kappa shape index (κ3) is 2.72. The number of nitrogens with two attached hydrogens (primary N) is 1. The molecule has 0 fully saturated rings. The Morgan fingerprint density at radius 1 is 1.09 bits per heavy atom. The number of nitrogens with zero attached hydrogens (tertiary/aromatic N) is 1. The Bertz CT molecular complexity index is 788. The van der Waals surface area contributed by atoms with Gasteiger partial charge >= 0.3 is 0 Å². The van der Waals surface area contributed by atoms with Crippen LogP contribution in [0, 0.1) is 0 Å². The number of rotatable bonds is 2. The summed E-state index contributed by atoms with van der Waals surface area (Å²) >= 11 is 0. The minimum absolute atomic E-state index is 0.0862. The molecule has 0 saturated carbocycles. The van der Waals surface area contributed by atoms with Gasteiger partial charge in [-0.3, -0.25) is 4.99 Å². The molecule has 0 aliphatic heterocycles. The van der Waals surface area contributed by atoms with E-state index in [0.29, 0.717) is 5.56 Å². The number of para-hydroxylation sites is 1. The smallest absolute Gasteiger partial charge is 0.124 e. The first-order chi connectivity index (χ1) is 10.7. The van der Waals surface area contributed by atoms with Crippen LogP contribution in [0.5, 0.6) is 5.75 Å². The summed E-state index contributed by atoms with van der Waals surface area (Å²) in [4.78, 5) is 4.52. The number of aromatic hydroxyl groups is 1. The van der Waals surface area contributed by atoms with Crippen molar-refractivity contribution in [2.45, 2.75) is 44.9 Å². The van der Waals surface area contributed by atoms with Gasteiger partial charge in [0.15, 0.2) is 0 Å². The zero-order valence-corrected chi connectivity index (χ0v) is 14.2.